The molecule has 1 amide bonds. The van der Waals surface area contributed by atoms with Gasteiger partial charge in [-0.25, -0.2) is 4.98 Å². The minimum Gasteiger partial charge on any atom is -0.378 e. The van der Waals surface area contributed by atoms with Crippen molar-refractivity contribution in [1.29, 1.82) is 0 Å². The number of anilines is 1. The van der Waals surface area contributed by atoms with Gasteiger partial charge in [0.05, 0.1) is 5.02 Å². The molecule has 3 rings (SSSR count). The van der Waals surface area contributed by atoms with Crippen molar-refractivity contribution in [2.75, 3.05) is 18.0 Å². The van der Waals surface area contributed by atoms with Crippen LogP contribution in [0, 0.1) is 0 Å². The molecule has 23 heavy (non-hydrogen) atoms. The van der Waals surface area contributed by atoms with Crippen LogP contribution in [-0.2, 0) is 4.79 Å². The summed E-state index contributed by atoms with van der Waals surface area (Å²) in [4.78, 5) is 18.5. The fourth-order valence-electron chi connectivity index (χ4n) is 2.75. The Hall–Kier alpha value is -2.11. The maximum Gasteiger partial charge on any atom is 0.253 e. The highest BCUT2D eigenvalue weighted by Gasteiger charge is 2.28. The van der Waals surface area contributed by atoms with Crippen LogP contribution < -0.4 is 10.2 Å². The van der Waals surface area contributed by atoms with E-state index in [1.165, 1.54) is 0 Å². The number of carbonyl (C=O) groups is 1. The van der Waals surface area contributed by atoms with E-state index in [0.29, 0.717) is 17.1 Å². The molecule has 2 heterocycles. The number of amides is 1. The summed E-state index contributed by atoms with van der Waals surface area (Å²) in [5.41, 5.74) is 0.590. The van der Waals surface area contributed by atoms with Gasteiger partial charge in [-0.15, -0.1) is 0 Å². The second-order valence-electron chi connectivity index (χ2n) is 5.56. The van der Waals surface area contributed by atoms with Crippen molar-refractivity contribution >= 4 is 23.3 Å². The summed E-state index contributed by atoms with van der Waals surface area (Å²) in [7, 11) is 0. The van der Waals surface area contributed by atoms with Gasteiger partial charge in [0.1, 0.15) is 5.82 Å². The fraction of sp³-hybridized carbons (Fsp3) is 0.294. The van der Waals surface area contributed by atoms with E-state index in [9.17, 15) is 9.90 Å². The minimum absolute atomic E-state index is 0.0288. The Labute approximate surface area is 139 Å². The van der Waals surface area contributed by atoms with Crippen molar-refractivity contribution in [3.63, 3.8) is 0 Å². The Bertz CT molecular complexity index is 681. The van der Waals surface area contributed by atoms with Gasteiger partial charge in [0, 0.05) is 25.3 Å². The number of halogens is 1. The zero-order valence-electron chi connectivity index (χ0n) is 12.5. The van der Waals surface area contributed by atoms with Gasteiger partial charge in [0.15, 0.2) is 6.10 Å². The highest BCUT2D eigenvalue weighted by molar-refractivity contribution is 6.32. The van der Waals surface area contributed by atoms with Crippen LogP contribution in [0.4, 0.5) is 5.82 Å². The molecule has 1 aliphatic rings. The third kappa shape index (κ3) is 3.63. The topological polar surface area (TPSA) is 65.5 Å². The van der Waals surface area contributed by atoms with Crippen LogP contribution in [0.25, 0.3) is 0 Å². The molecule has 120 valence electrons. The van der Waals surface area contributed by atoms with Crippen LogP contribution in [0.2, 0.25) is 5.02 Å². The van der Waals surface area contributed by atoms with E-state index in [4.69, 9.17) is 11.6 Å². The number of aliphatic hydroxyl groups excluding tert-OH is 1. The van der Waals surface area contributed by atoms with Crippen molar-refractivity contribution < 1.29 is 9.90 Å². The van der Waals surface area contributed by atoms with Crippen LogP contribution in [0.3, 0.4) is 0 Å². The summed E-state index contributed by atoms with van der Waals surface area (Å²) in [6.45, 7) is 1.40. The van der Waals surface area contributed by atoms with E-state index in [1.807, 2.05) is 11.0 Å². The van der Waals surface area contributed by atoms with Crippen LogP contribution in [0.5, 0.6) is 0 Å². The Morgan fingerprint density at radius 1 is 1.30 bits per heavy atom. The van der Waals surface area contributed by atoms with Gasteiger partial charge < -0.3 is 15.3 Å². The molecule has 2 N–H and O–H groups in total. The molecular weight excluding hydrogens is 314 g/mol. The molecule has 0 saturated carbocycles. The number of hydrogen-bond acceptors (Lipinski definition) is 4. The zero-order chi connectivity index (χ0) is 16.2. The van der Waals surface area contributed by atoms with E-state index >= 15 is 0 Å². The number of pyridine rings is 1. The quantitative estimate of drug-likeness (QED) is 0.901. The highest BCUT2D eigenvalue weighted by atomic mass is 35.5. The lowest BCUT2D eigenvalue weighted by atomic mass is 10.1. The van der Waals surface area contributed by atoms with Crippen LogP contribution in [0.15, 0.2) is 48.7 Å². The van der Waals surface area contributed by atoms with E-state index in [-0.39, 0.29) is 11.9 Å². The van der Waals surface area contributed by atoms with Crippen molar-refractivity contribution in [3.8, 4) is 0 Å². The van der Waals surface area contributed by atoms with Crippen LogP contribution >= 0.6 is 11.6 Å². The van der Waals surface area contributed by atoms with E-state index in [2.05, 4.69) is 10.3 Å². The summed E-state index contributed by atoms with van der Waals surface area (Å²) < 4.78 is 0. The Kier molecular flexibility index (Phi) is 4.79. The molecular formula is C17H18ClN3O2. The van der Waals surface area contributed by atoms with Gasteiger partial charge in [0.25, 0.3) is 5.91 Å². The maximum absolute atomic E-state index is 12.2. The molecule has 1 aromatic heterocycles. The average Bonchev–Trinajstić information content (AvgIpc) is 3.03. The smallest absolute Gasteiger partial charge is 0.253 e. The fourth-order valence-corrected chi connectivity index (χ4v) is 2.99. The SMILES string of the molecule is O=C(NC1CCN(c2ncccc2Cl)C1)C(O)c1ccccc1. The zero-order valence-corrected chi connectivity index (χ0v) is 13.3. The number of hydrogen-bond donors (Lipinski definition) is 2. The Balaban J connectivity index is 1.60. The lowest BCUT2D eigenvalue weighted by Crippen LogP contribution is -2.40. The molecule has 0 bridgehead atoms. The van der Waals surface area contributed by atoms with E-state index in [0.717, 1.165) is 18.8 Å². The lowest BCUT2D eigenvalue weighted by molar-refractivity contribution is -0.130. The van der Waals surface area contributed by atoms with Gasteiger partial charge in [-0.05, 0) is 24.1 Å². The minimum atomic E-state index is -1.15. The van der Waals surface area contributed by atoms with Crippen molar-refractivity contribution in [1.82, 2.24) is 10.3 Å². The molecule has 2 unspecified atom stereocenters. The summed E-state index contributed by atoms with van der Waals surface area (Å²) in [6.07, 6.45) is 1.34. The van der Waals surface area contributed by atoms with Crippen LogP contribution in [0.1, 0.15) is 18.1 Å². The van der Waals surface area contributed by atoms with Gasteiger partial charge in [-0.1, -0.05) is 41.9 Å². The Morgan fingerprint density at radius 3 is 2.83 bits per heavy atom. The second kappa shape index (κ2) is 6.98. The van der Waals surface area contributed by atoms with Crippen molar-refractivity contribution in [2.45, 2.75) is 18.6 Å². The molecule has 2 atom stereocenters. The molecule has 1 aromatic carbocycles. The standard InChI is InChI=1S/C17H18ClN3O2/c18-14-7-4-9-19-16(14)21-10-8-13(11-21)20-17(23)15(22)12-5-2-1-3-6-12/h1-7,9,13,15,22H,8,10-11H2,(H,20,23). The molecule has 0 spiro atoms. The third-order valence-corrected chi connectivity index (χ3v) is 4.23. The van der Waals surface area contributed by atoms with E-state index < -0.39 is 6.10 Å². The molecule has 0 radical (unpaired) electrons. The second-order valence-corrected chi connectivity index (χ2v) is 5.97. The molecule has 1 saturated heterocycles. The van der Waals surface area contributed by atoms with Gasteiger partial charge in [-0.3, -0.25) is 4.79 Å². The lowest BCUT2D eigenvalue weighted by Gasteiger charge is -2.19. The average molecular weight is 332 g/mol. The number of nitrogens with one attached hydrogen (secondary N) is 1. The summed E-state index contributed by atoms with van der Waals surface area (Å²) >= 11 is 6.16. The largest absolute Gasteiger partial charge is 0.378 e. The van der Waals surface area contributed by atoms with Crippen LogP contribution in [-0.4, -0.2) is 35.1 Å². The summed E-state index contributed by atoms with van der Waals surface area (Å²) in [6, 6.07) is 12.5. The number of nitrogens with zero attached hydrogens (tertiary/aromatic N) is 2. The number of rotatable bonds is 4. The molecule has 1 fully saturated rings. The highest BCUT2D eigenvalue weighted by Crippen LogP contribution is 2.26. The van der Waals surface area contributed by atoms with Gasteiger partial charge >= 0.3 is 0 Å². The maximum atomic E-state index is 12.2. The van der Waals surface area contributed by atoms with Crippen molar-refractivity contribution in [3.05, 3.63) is 59.2 Å². The number of benzene rings is 1. The molecule has 0 aliphatic carbocycles. The monoisotopic (exact) mass is 331 g/mol. The molecule has 6 heteroatoms. The predicted octanol–water partition coefficient (Wildman–Crippen LogP) is 2.16. The first kappa shape index (κ1) is 15.8. The first-order valence-electron chi connectivity index (χ1n) is 7.54. The Morgan fingerprint density at radius 2 is 2.09 bits per heavy atom. The summed E-state index contributed by atoms with van der Waals surface area (Å²) in [5.74, 6) is 0.352. The number of aliphatic hydroxyl groups is 1. The third-order valence-electron chi connectivity index (χ3n) is 3.94. The normalized spacial score (nSPS) is 18.7. The molecule has 1 aliphatic heterocycles. The summed E-state index contributed by atoms with van der Waals surface area (Å²) in [5, 5.41) is 13.6. The van der Waals surface area contributed by atoms with Crippen molar-refractivity contribution in [2.24, 2.45) is 0 Å². The van der Waals surface area contributed by atoms with Gasteiger partial charge in [0.2, 0.25) is 0 Å². The van der Waals surface area contributed by atoms with E-state index in [1.54, 1.807) is 42.6 Å². The van der Waals surface area contributed by atoms with Gasteiger partial charge in [-0.2, -0.15) is 0 Å². The number of carbonyl (C=O) groups excluding carboxylic acids is 1. The molecule has 5 nitrogen and oxygen atoms in total. The number of aromatic nitrogens is 1. The first-order valence-corrected chi connectivity index (χ1v) is 7.92. The predicted molar refractivity (Wildman–Crippen MR) is 89.4 cm³/mol. The first-order chi connectivity index (χ1) is 11.1. The molecule has 2 aromatic rings.